The molecule has 1 aliphatic heterocycles. The number of nitrogens with zero attached hydrogens (tertiary/aromatic N) is 4. The van der Waals surface area contributed by atoms with Gasteiger partial charge in [-0.25, -0.2) is 4.98 Å². The van der Waals surface area contributed by atoms with Crippen molar-refractivity contribution in [2.75, 3.05) is 13.1 Å². The maximum Gasteiger partial charge on any atom is 0.416 e. The van der Waals surface area contributed by atoms with E-state index in [2.05, 4.69) is 15.0 Å². The van der Waals surface area contributed by atoms with Crippen LogP contribution in [-0.2, 0) is 12.6 Å². The molecule has 150 valence electrons. The Morgan fingerprint density at radius 3 is 2.61 bits per heavy atom. The molecule has 1 fully saturated rings. The molecule has 0 saturated carbocycles. The van der Waals surface area contributed by atoms with Crippen LogP contribution in [0.2, 0.25) is 0 Å². The van der Waals surface area contributed by atoms with E-state index < -0.39 is 17.8 Å². The summed E-state index contributed by atoms with van der Waals surface area (Å²) in [6, 6.07) is 4.93. The zero-order valence-corrected chi connectivity index (χ0v) is 16.2. The van der Waals surface area contributed by atoms with Crippen molar-refractivity contribution in [2.45, 2.75) is 44.8 Å². The van der Waals surface area contributed by atoms with Gasteiger partial charge in [-0.1, -0.05) is 36.8 Å². The van der Waals surface area contributed by atoms with E-state index in [0.29, 0.717) is 27.6 Å². The third-order valence-electron chi connectivity index (χ3n) is 5.09. The number of aromatic hydroxyl groups is 1. The number of piperidine rings is 1. The van der Waals surface area contributed by atoms with Crippen LogP contribution in [0.1, 0.15) is 54.1 Å². The quantitative estimate of drug-likeness (QED) is 0.680. The fourth-order valence-electron chi connectivity index (χ4n) is 3.71. The zero-order valence-electron chi connectivity index (χ0n) is 15.4. The molecular weight excluding hydrogens is 389 g/mol. The summed E-state index contributed by atoms with van der Waals surface area (Å²) < 4.78 is 41.2. The zero-order chi connectivity index (χ0) is 19.9. The number of hydrogen-bond donors (Lipinski definition) is 1. The topological polar surface area (TPSA) is 53.7 Å². The molecule has 0 aliphatic carbocycles. The average Bonchev–Trinajstić information content (AvgIpc) is 3.22. The summed E-state index contributed by atoms with van der Waals surface area (Å²) in [5, 5.41) is 15.1. The van der Waals surface area contributed by atoms with Gasteiger partial charge in [-0.15, -0.1) is 5.10 Å². The molecular formula is C19H21F3N4OS. The van der Waals surface area contributed by atoms with Crippen LogP contribution in [0.3, 0.4) is 0 Å². The number of benzene rings is 1. The first kappa shape index (κ1) is 19.2. The SMILES string of the molecule is CCc1nc2sc([C@H](c3cccc(C(F)(F)F)c3)N3CCCCC3)c(O)n2n1. The van der Waals surface area contributed by atoms with Crippen molar-refractivity contribution in [3.05, 3.63) is 46.1 Å². The molecule has 1 saturated heterocycles. The molecule has 0 radical (unpaired) electrons. The summed E-state index contributed by atoms with van der Waals surface area (Å²) in [4.78, 5) is 7.68. The van der Waals surface area contributed by atoms with Crippen LogP contribution in [0.15, 0.2) is 24.3 Å². The normalized spacial score (nSPS) is 17.3. The first-order valence-corrected chi connectivity index (χ1v) is 10.2. The van der Waals surface area contributed by atoms with Crippen molar-refractivity contribution in [1.29, 1.82) is 0 Å². The lowest BCUT2D eigenvalue weighted by molar-refractivity contribution is -0.137. The number of aryl methyl sites for hydroxylation is 1. The third kappa shape index (κ3) is 3.48. The van der Waals surface area contributed by atoms with Crippen LogP contribution in [0.4, 0.5) is 13.2 Å². The van der Waals surface area contributed by atoms with Gasteiger partial charge in [-0.05, 0) is 43.6 Å². The van der Waals surface area contributed by atoms with Crippen molar-refractivity contribution >= 4 is 16.3 Å². The van der Waals surface area contributed by atoms with Crippen molar-refractivity contribution in [3.63, 3.8) is 0 Å². The smallest absolute Gasteiger partial charge is 0.416 e. The van der Waals surface area contributed by atoms with Gasteiger partial charge in [0.05, 0.1) is 16.5 Å². The van der Waals surface area contributed by atoms with E-state index in [1.165, 1.54) is 28.0 Å². The van der Waals surface area contributed by atoms with Crippen LogP contribution in [0, 0.1) is 0 Å². The molecule has 1 N–H and O–H groups in total. The molecule has 3 heterocycles. The highest BCUT2D eigenvalue weighted by Gasteiger charge is 2.34. The Labute approximate surface area is 164 Å². The van der Waals surface area contributed by atoms with Gasteiger partial charge in [0, 0.05) is 6.42 Å². The predicted octanol–water partition coefficient (Wildman–Crippen LogP) is 4.65. The first-order chi connectivity index (χ1) is 13.4. The third-order valence-corrected chi connectivity index (χ3v) is 6.17. The Kier molecular flexibility index (Phi) is 5.05. The lowest BCUT2D eigenvalue weighted by atomic mass is 9.98. The number of alkyl halides is 3. The molecule has 5 nitrogen and oxygen atoms in total. The van der Waals surface area contributed by atoms with Crippen LogP contribution in [0.25, 0.3) is 4.96 Å². The second-order valence-electron chi connectivity index (χ2n) is 6.99. The Bertz CT molecular complexity index is 975. The van der Waals surface area contributed by atoms with Crippen LogP contribution >= 0.6 is 11.3 Å². The number of fused-ring (bicyclic) bond motifs is 1. The number of thiazole rings is 1. The number of aromatic nitrogens is 3. The minimum Gasteiger partial charge on any atom is -0.492 e. The molecule has 0 bridgehead atoms. The highest BCUT2D eigenvalue weighted by molar-refractivity contribution is 7.17. The molecule has 4 rings (SSSR count). The van der Waals surface area contributed by atoms with Crippen LogP contribution in [0.5, 0.6) is 5.88 Å². The largest absolute Gasteiger partial charge is 0.492 e. The number of hydrogen-bond acceptors (Lipinski definition) is 5. The summed E-state index contributed by atoms with van der Waals surface area (Å²) in [6.45, 7) is 3.47. The number of likely N-dealkylation sites (tertiary alicyclic amines) is 1. The minimum absolute atomic E-state index is 0.0415. The Morgan fingerprint density at radius 2 is 1.96 bits per heavy atom. The Morgan fingerprint density at radius 1 is 1.21 bits per heavy atom. The van der Waals surface area contributed by atoms with Gasteiger partial charge in [-0.2, -0.15) is 17.7 Å². The molecule has 1 aliphatic rings. The summed E-state index contributed by atoms with van der Waals surface area (Å²) in [6.07, 6.45) is -0.695. The van der Waals surface area contributed by atoms with Gasteiger partial charge in [0.1, 0.15) is 0 Å². The van der Waals surface area contributed by atoms with Gasteiger partial charge >= 0.3 is 6.18 Å². The summed E-state index contributed by atoms with van der Waals surface area (Å²) in [5.41, 5.74) is -0.161. The second-order valence-corrected chi connectivity index (χ2v) is 8.00. The van der Waals surface area contributed by atoms with Crippen LogP contribution in [-0.4, -0.2) is 37.7 Å². The van der Waals surface area contributed by atoms with Crippen molar-refractivity contribution in [3.8, 4) is 5.88 Å². The summed E-state index contributed by atoms with van der Waals surface area (Å²) in [5.74, 6) is 0.585. The Hall–Kier alpha value is -2.13. The molecule has 9 heteroatoms. The highest BCUT2D eigenvalue weighted by atomic mass is 32.1. The number of halogens is 3. The van der Waals surface area contributed by atoms with Gasteiger partial charge in [0.15, 0.2) is 5.82 Å². The van der Waals surface area contributed by atoms with Crippen molar-refractivity contribution < 1.29 is 18.3 Å². The van der Waals surface area contributed by atoms with E-state index in [-0.39, 0.29) is 5.88 Å². The molecule has 0 amide bonds. The second kappa shape index (κ2) is 7.36. The van der Waals surface area contributed by atoms with Gasteiger partial charge in [0.2, 0.25) is 10.8 Å². The first-order valence-electron chi connectivity index (χ1n) is 9.37. The Balaban J connectivity index is 1.83. The fraction of sp³-hybridized carbons (Fsp3) is 0.474. The van der Waals surface area contributed by atoms with Gasteiger partial charge < -0.3 is 5.11 Å². The maximum atomic E-state index is 13.3. The van der Waals surface area contributed by atoms with E-state index in [9.17, 15) is 18.3 Å². The molecule has 1 aromatic carbocycles. The van der Waals surface area contributed by atoms with Crippen molar-refractivity contribution in [1.82, 2.24) is 19.5 Å². The molecule has 0 unspecified atom stereocenters. The summed E-state index contributed by atoms with van der Waals surface area (Å²) >= 11 is 1.29. The monoisotopic (exact) mass is 410 g/mol. The van der Waals surface area contributed by atoms with E-state index in [0.717, 1.165) is 38.4 Å². The van der Waals surface area contributed by atoms with E-state index in [1.807, 2.05) is 6.92 Å². The maximum absolute atomic E-state index is 13.3. The highest BCUT2D eigenvalue weighted by Crippen LogP contribution is 2.42. The lowest BCUT2D eigenvalue weighted by Gasteiger charge is -2.34. The molecule has 1 atom stereocenters. The van der Waals surface area contributed by atoms with E-state index >= 15 is 0 Å². The van der Waals surface area contributed by atoms with E-state index in [4.69, 9.17) is 0 Å². The van der Waals surface area contributed by atoms with E-state index in [1.54, 1.807) is 6.07 Å². The summed E-state index contributed by atoms with van der Waals surface area (Å²) in [7, 11) is 0. The fourth-order valence-corrected chi connectivity index (χ4v) is 4.84. The minimum atomic E-state index is -4.41. The standard InChI is InChI=1S/C19H21F3N4OS/c1-2-14-23-18-26(24-14)17(27)16(28-18)15(25-9-4-3-5-10-25)12-7-6-8-13(11-12)19(20,21)22/h6-8,11,15,27H,2-5,9-10H2,1H3/t15-/m0/s1. The molecule has 2 aromatic heterocycles. The molecule has 28 heavy (non-hydrogen) atoms. The van der Waals surface area contributed by atoms with Gasteiger partial charge in [0.25, 0.3) is 0 Å². The number of rotatable bonds is 4. The van der Waals surface area contributed by atoms with Gasteiger partial charge in [-0.3, -0.25) is 4.90 Å². The molecule has 0 spiro atoms. The average molecular weight is 410 g/mol. The lowest BCUT2D eigenvalue weighted by Crippen LogP contribution is -2.34. The molecule has 3 aromatic rings. The van der Waals surface area contributed by atoms with Crippen LogP contribution < -0.4 is 0 Å². The van der Waals surface area contributed by atoms with Crippen molar-refractivity contribution in [2.24, 2.45) is 0 Å². The predicted molar refractivity (Wildman–Crippen MR) is 101 cm³/mol.